The standard InChI is InChI=1S/C22H27F3N6O2Si/c1-5-26-21(32)28-18-12-17(13-31-19(18)29-30-20(31)22(23,24)25)27-14(2)16-8-6-15(7-9-16)10-11-34(3,4)33/h6-14,27,33H,5H2,1-4H3,(H2,26,28,32)/b11-10+/t14-/m1/s1. The molecule has 1 atom stereocenters. The number of halogens is 3. The number of benzene rings is 1. The van der Waals surface area contributed by atoms with Crippen LogP contribution in [0.5, 0.6) is 0 Å². The monoisotopic (exact) mass is 492 g/mol. The number of hydrogen-bond donors (Lipinski definition) is 4. The molecule has 0 bridgehead atoms. The van der Waals surface area contributed by atoms with Crippen molar-refractivity contribution in [1.29, 1.82) is 0 Å². The number of rotatable bonds is 7. The Kier molecular flexibility index (Phi) is 7.31. The molecule has 0 unspecified atom stereocenters. The van der Waals surface area contributed by atoms with Gasteiger partial charge in [-0.25, -0.2) is 4.79 Å². The molecule has 12 heteroatoms. The summed E-state index contributed by atoms with van der Waals surface area (Å²) >= 11 is 0. The Morgan fingerprint density at radius 3 is 2.50 bits per heavy atom. The van der Waals surface area contributed by atoms with E-state index in [1.54, 1.807) is 6.92 Å². The van der Waals surface area contributed by atoms with Crippen LogP contribution < -0.4 is 16.0 Å². The first-order chi connectivity index (χ1) is 15.9. The molecule has 0 aliphatic carbocycles. The first-order valence-corrected chi connectivity index (χ1v) is 13.7. The number of nitrogens with zero attached hydrogens (tertiary/aromatic N) is 3. The zero-order valence-corrected chi connectivity index (χ0v) is 20.2. The minimum atomic E-state index is -4.72. The van der Waals surface area contributed by atoms with Gasteiger partial charge >= 0.3 is 12.2 Å². The van der Waals surface area contributed by atoms with Crippen molar-refractivity contribution in [2.75, 3.05) is 17.2 Å². The first-order valence-electron chi connectivity index (χ1n) is 10.7. The van der Waals surface area contributed by atoms with E-state index in [9.17, 15) is 22.8 Å². The summed E-state index contributed by atoms with van der Waals surface area (Å²) in [7, 11) is -2.30. The minimum absolute atomic E-state index is 0.0856. The molecule has 1 aromatic carbocycles. The predicted octanol–water partition coefficient (Wildman–Crippen LogP) is 4.81. The molecule has 3 aromatic rings. The fourth-order valence-electron chi connectivity index (χ4n) is 3.21. The van der Waals surface area contributed by atoms with E-state index < -0.39 is 26.3 Å². The average Bonchev–Trinajstić information content (AvgIpc) is 3.17. The van der Waals surface area contributed by atoms with Gasteiger partial charge in [-0.3, -0.25) is 4.40 Å². The Balaban J connectivity index is 1.91. The Labute approximate surface area is 196 Å². The van der Waals surface area contributed by atoms with Crippen molar-refractivity contribution in [3.63, 3.8) is 0 Å². The summed E-state index contributed by atoms with van der Waals surface area (Å²) in [6.45, 7) is 7.57. The highest BCUT2D eigenvalue weighted by molar-refractivity contribution is 6.75. The van der Waals surface area contributed by atoms with Crippen LogP contribution in [0.15, 0.2) is 42.2 Å². The second kappa shape index (κ2) is 9.85. The smallest absolute Gasteiger partial charge is 0.428 e. The summed E-state index contributed by atoms with van der Waals surface area (Å²) in [6, 6.07) is 8.28. The van der Waals surface area contributed by atoms with Gasteiger partial charge in [-0.2, -0.15) is 13.2 Å². The lowest BCUT2D eigenvalue weighted by molar-refractivity contribution is -0.145. The predicted molar refractivity (Wildman–Crippen MR) is 128 cm³/mol. The van der Waals surface area contributed by atoms with Gasteiger partial charge in [0.1, 0.15) is 0 Å². The number of fused-ring (bicyclic) bond motifs is 1. The van der Waals surface area contributed by atoms with Crippen LogP contribution in [-0.4, -0.2) is 40.3 Å². The molecule has 0 saturated carbocycles. The molecule has 0 fully saturated rings. The largest absolute Gasteiger partial charge is 0.452 e. The van der Waals surface area contributed by atoms with Crippen molar-refractivity contribution in [2.24, 2.45) is 0 Å². The van der Waals surface area contributed by atoms with Crippen molar-refractivity contribution < 1.29 is 22.8 Å². The SMILES string of the molecule is CCNC(=O)Nc1cc(N[C@H](C)c2ccc(/C=C/[Si](C)(C)O)cc2)cn2c(C(F)(F)F)nnc12. The number of aromatic nitrogens is 3. The van der Waals surface area contributed by atoms with Crippen LogP contribution in [0.3, 0.4) is 0 Å². The van der Waals surface area contributed by atoms with Crippen molar-refractivity contribution in [2.45, 2.75) is 39.2 Å². The maximum atomic E-state index is 13.4. The molecule has 4 N–H and O–H groups in total. The van der Waals surface area contributed by atoms with Gasteiger partial charge in [0, 0.05) is 18.8 Å². The van der Waals surface area contributed by atoms with Crippen LogP contribution in [0.1, 0.15) is 36.8 Å². The Morgan fingerprint density at radius 1 is 1.24 bits per heavy atom. The van der Waals surface area contributed by atoms with Crippen molar-refractivity contribution in [3.05, 3.63) is 59.2 Å². The lowest BCUT2D eigenvalue weighted by atomic mass is 10.1. The third-order valence-corrected chi connectivity index (χ3v) is 5.83. The number of carbonyl (C=O) groups excluding carboxylic acids is 1. The highest BCUT2D eigenvalue weighted by Gasteiger charge is 2.37. The van der Waals surface area contributed by atoms with Gasteiger partial charge in [0.05, 0.1) is 11.4 Å². The summed E-state index contributed by atoms with van der Waals surface area (Å²) < 4.78 is 41.1. The van der Waals surface area contributed by atoms with Gasteiger partial charge in [0.2, 0.25) is 14.1 Å². The van der Waals surface area contributed by atoms with Crippen molar-refractivity contribution in [1.82, 2.24) is 19.9 Å². The molecule has 2 aromatic heterocycles. The second-order valence-corrected chi connectivity index (χ2v) is 12.0. The lowest BCUT2D eigenvalue weighted by Crippen LogP contribution is -2.28. The van der Waals surface area contributed by atoms with E-state index in [0.29, 0.717) is 12.2 Å². The zero-order chi connectivity index (χ0) is 25.1. The molecule has 2 heterocycles. The third kappa shape index (κ3) is 6.35. The van der Waals surface area contributed by atoms with Gasteiger partial charge in [-0.15, -0.1) is 10.2 Å². The maximum absolute atomic E-state index is 13.4. The number of carbonyl (C=O) groups is 1. The van der Waals surface area contributed by atoms with Crippen molar-refractivity contribution in [3.8, 4) is 0 Å². The highest BCUT2D eigenvalue weighted by atomic mass is 28.4. The van der Waals surface area contributed by atoms with Crippen LogP contribution in [0, 0.1) is 0 Å². The molecule has 8 nitrogen and oxygen atoms in total. The normalized spacial score (nSPS) is 13.3. The molecule has 182 valence electrons. The molecule has 2 amide bonds. The fraction of sp³-hybridized carbons (Fsp3) is 0.318. The number of anilines is 2. The minimum Gasteiger partial charge on any atom is -0.428 e. The Hall–Kier alpha value is -3.38. The van der Waals surface area contributed by atoms with Crippen LogP contribution >= 0.6 is 0 Å². The van der Waals surface area contributed by atoms with E-state index in [-0.39, 0.29) is 17.4 Å². The number of amides is 2. The van der Waals surface area contributed by atoms with Gasteiger partial charge in [-0.1, -0.05) is 36.0 Å². The number of urea groups is 1. The van der Waals surface area contributed by atoms with Gasteiger partial charge in [-0.05, 0) is 44.1 Å². The molecule has 34 heavy (non-hydrogen) atoms. The zero-order valence-electron chi connectivity index (χ0n) is 19.2. The fourth-order valence-corrected chi connectivity index (χ4v) is 3.81. The average molecular weight is 493 g/mol. The molecule has 3 rings (SSSR count). The van der Waals surface area contributed by atoms with Crippen LogP contribution in [0.25, 0.3) is 11.7 Å². The summed E-state index contributed by atoms with van der Waals surface area (Å²) in [4.78, 5) is 22.0. The van der Waals surface area contributed by atoms with E-state index in [1.165, 1.54) is 12.3 Å². The second-order valence-electron chi connectivity index (χ2n) is 8.36. The van der Waals surface area contributed by atoms with Crippen LogP contribution in [0.4, 0.5) is 29.3 Å². The number of nitrogens with one attached hydrogen (secondary N) is 3. The quantitative estimate of drug-likeness (QED) is 0.355. The van der Waals surface area contributed by atoms with Crippen LogP contribution in [-0.2, 0) is 6.18 Å². The molecule has 0 saturated heterocycles. The van der Waals surface area contributed by atoms with Gasteiger partial charge < -0.3 is 20.7 Å². The number of hydrogen-bond acceptors (Lipinski definition) is 5. The third-order valence-electron chi connectivity index (χ3n) is 4.85. The van der Waals surface area contributed by atoms with E-state index in [1.807, 2.05) is 56.1 Å². The molecular weight excluding hydrogens is 465 g/mol. The van der Waals surface area contributed by atoms with Gasteiger partial charge in [0.15, 0.2) is 5.65 Å². The summed E-state index contributed by atoms with van der Waals surface area (Å²) in [6.07, 6.45) is -1.60. The Bertz CT molecular complexity index is 1190. The molecule has 0 spiro atoms. The van der Waals surface area contributed by atoms with E-state index in [0.717, 1.165) is 15.5 Å². The van der Waals surface area contributed by atoms with Crippen LogP contribution in [0.2, 0.25) is 13.1 Å². The Morgan fingerprint density at radius 2 is 1.91 bits per heavy atom. The van der Waals surface area contributed by atoms with E-state index in [4.69, 9.17) is 0 Å². The molecular formula is C22H27F3N6O2Si. The van der Waals surface area contributed by atoms with E-state index >= 15 is 0 Å². The maximum Gasteiger partial charge on any atom is 0.452 e. The topological polar surface area (TPSA) is 104 Å². The molecule has 0 aliphatic rings. The molecule has 0 aliphatic heterocycles. The summed E-state index contributed by atoms with van der Waals surface area (Å²) in [5.41, 5.74) is 3.95. The number of alkyl halides is 3. The highest BCUT2D eigenvalue weighted by Crippen LogP contribution is 2.32. The summed E-state index contributed by atoms with van der Waals surface area (Å²) in [5, 5.41) is 15.1. The number of pyridine rings is 1. The van der Waals surface area contributed by atoms with E-state index in [2.05, 4.69) is 26.1 Å². The lowest BCUT2D eigenvalue weighted by Gasteiger charge is -2.18. The summed E-state index contributed by atoms with van der Waals surface area (Å²) in [5.74, 6) is -1.19. The van der Waals surface area contributed by atoms with Gasteiger partial charge in [0.25, 0.3) is 0 Å². The first kappa shape index (κ1) is 25.2. The van der Waals surface area contributed by atoms with Crippen molar-refractivity contribution >= 4 is 37.4 Å². The molecule has 0 radical (unpaired) electrons.